The molecule has 1 aromatic rings. The molecule has 0 aliphatic carbocycles. The lowest BCUT2D eigenvalue weighted by Gasteiger charge is -2.24. The number of amides is 4. The number of phenolic OH excluding ortho intramolecular Hbond substituents is 1. The van der Waals surface area contributed by atoms with E-state index < -0.39 is 79.2 Å². The van der Waals surface area contributed by atoms with Gasteiger partial charge in [0.05, 0.1) is 25.5 Å². The molecule has 0 aliphatic rings. The van der Waals surface area contributed by atoms with Gasteiger partial charge in [0.2, 0.25) is 23.6 Å². The summed E-state index contributed by atoms with van der Waals surface area (Å²) >= 11 is 0. The maximum atomic E-state index is 12.9. The SMILES string of the molecule is NC(=O)CC(NC(=O)C(CO)NC(=O)C(Cc1ccc(O)cc1)NC(=O)C(N)CC(=O)O)C(=O)O. The maximum Gasteiger partial charge on any atom is 0.326 e. The van der Waals surface area contributed by atoms with E-state index in [1.54, 1.807) is 0 Å². The Balaban J connectivity index is 3.03. The average Bonchev–Trinajstić information content (AvgIpc) is 2.76. The highest BCUT2D eigenvalue weighted by atomic mass is 16.4. The zero-order valence-corrected chi connectivity index (χ0v) is 18.3. The Morgan fingerprint density at radius 2 is 1.31 bits per heavy atom. The van der Waals surface area contributed by atoms with Gasteiger partial charge in [-0.1, -0.05) is 12.1 Å². The first-order valence-corrected chi connectivity index (χ1v) is 10.1. The lowest BCUT2D eigenvalue weighted by Crippen LogP contribution is -2.58. The first-order valence-electron chi connectivity index (χ1n) is 10.1. The Kier molecular flexibility index (Phi) is 11.1. The number of hydrogen-bond acceptors (Lipinski definition) is 9. The van der Waals surface area contributed by atoms with E-state index in [2.05, 4.69) is 10.6 Å². The number of carbonyl (C=O) groups is 6. The third kappa shape index (κ3) is 10.1. The van der Waals surface area contributed by atoms with E-state index in [9.17, 15) is 39.0 Å². The van der Waals surface area contributed by atoms with Crippen molar-refractivity contribution >= 4 is 35.6 Å². The van der Waals surface area contributed by atoms with Gasteiger partial charge < -0.3 is 47.8 Å². The summed E-state index contributed by atoms with van der Waals surface area (Å²) in [7, 11) is 0. The maximum absolute atomic E-state index is 12.9. The van der Waals surface area contributed by atoms with Gasteiger partial charge in [-0.15, -0.1) is 0 Å². The van der Waals surface area contributed by atoms with Crippen molar-refractivity contribution in [2.75, 3.05) is 6.61 Å². The number of benzene rings is 1. The number of aromatic hydroxyl groups is 1. The monoisotopic (exact) mass is 497 g/mol. The van der Waals surface area contributed by atoms with Crippen molar-refractivity contribution in [3.05, 3.63) is 29.8 Å². The van der Waals surface area contributed by atoms with Crippen LogP contribution in [0, 0.1) is 0 Å². The topological polar surface area (TPSA) is 271 Å². The number of nitrogens with one attached hydrogen (secondary N) is 3. The van der Waals surface area contributed by atoms with Gasteiger partial charge in [-0.3, -0.25) is 24.0 Å². The molecule has 11 N–H and O–H groups in total. The van der Waals surface area contributed by atoms with Crippen LogP contribution in [-0.2, 0) is 35.2 Å². The zero-order chi connectivity index (χ0) is 26.7. The summed E-state index contributed by atoms with van der Waals surface area (Å²) in [4.78, 5) is 70.5. The van der Waals surface area contributed by atoms with Crippen molar-refractivity contribution in [3.8, 4) is 5.75 Å². The highest BCUT2D eigenvalue weighted by Crippen LogP contribution is 2.12. The number of carboxylic acid groups (broad SMARTS) is 2. The third-order valence-electron chi connectivity index (χ3n) is 4.58. The fourth-order valence-electron chi connectivity index (χ4n) is 2.78. The van der Waals surface area contributed by atoms with E-state index >= 15 is 0 Å². The minimum absolute atomic E-state index is 0.0665. The number of aliphatic hydroxyl groups is 1. The summed E-state index contributed by atoms with van der Waals surface area (Å²) < 4.78 is 0. The number of rotatable bonds is 14. The van der Waals surface area contributed by atoms with Crippen molar-refractivity contribution < 1.29 is 49.2 Å². The molecular formula is C20H27N5O10. The van der Waals surface area contributed by atoms with Crippen LogP contribution in [0.5, 0.6) is 5.75 Å². The van der Waals surface area contributed by atoms with Gasteiger partial charge in [0.1, 0.15) is 23.9 Å². The molecule has 0 fully saturated rings. The second-order valence-corrected chi connectivity index (χ2v) is 7.45. The molecule has 0 bridgehead atoms. The van der Waals surface area contributed by atoms with Crippen LogP contribution in [-0.4, -0.2) is 86.8 Å². The van der Waals surface area contributed by atoms with Gasteiger partial charge in [-0.05, 0) is 17.7 Å². The summed E-state index contributed by atoms with van der Waals surface area (Å²) in [6.45, 7) is -0.973. The Morgan fingerprint density at radius 3 is 1.80 bits per heavy atom. The number of carboxylic acids is 2. The minimum atomic E-state index is -1.72. The summed E-state index contributed by atoms with van der Waals surface area (Å²) in [6.07, 6.45) is -1.65. The van der Waals surface area contributed by atoms with Crippen molar-refractivity contribution in [1.82, 2.24) is 16.0 Å². The van der Waals surface area contributed by atoms with Gasteiger partial charge in [-0.2, -0.15) is 0 Å². The summed E-state index contributed by atoms with van der Waals surface area (Å²) in [5.74, 6) is -7.14. The number of aliphatic hydroxyl groups excluding tert-OH is 1. The van der Waals surface area contributed by atoms with E-state index in [4.69, 9.17) is 21.7 Å². The third-order valence-corrected chi connectivity index (χ3v) is 4.58. The lowest BCUT2D eigenvalue weighted by molar-refractivity contribution is -0.144. The van der Waals surface area contributed by atoms with Gasteiger partial charge in [0.25, 0.3) is 0 Å². The fourth-order valence-corrected chi connectivity index (χ4v) is 2.78. The molecule has 192 valence electrons. The quantitative estimate of drug-likeness (QED) is 0.120. The van der Waals surface area contributed by atoms with E-state index in [0.717, 1.165) is 0 Å². The number of phenols is 1. The molecule has 0 saturated carbocycles. The van der Waals surface area contributed by atoms with E-state index in [0.29, 0.717) is 5.56 Å². The second kappa shape index (κ2) is 13.5. The fraction of sp³-hybridized carbons (Fsp3) is 0.400. The number of hydrogen-bond donors (Lipinski definition) is 9. The molecule has 0 radical (unpaired) electrons. The van der Waals surface area contributed by atoms with Crippen LogP contribution < -0.4 is 27.4 Å². The Hall–Kier alpha value is -4.24. The van der Waals surface area contributed by atoms with Crippen LogP contribution in [0.15, 0.2) is 24.3 Å². The number of aliphatic carboxylic acids is 2. The average molecular weight is 497 g/mol. The molecular weight excluding hydrogens is 470 g/mol. The predicted molar refractivity (Wildman–Crippen MR) is 116 cm³/mol. The predicted octanol–water partition coefficient (Wildman–Crippen LogP) is -3.86. The zero-order valence-electron chi connectivity index (χ0n) is 18.3. The molecule has 35 heavy (non-hydrogen) atoms. The summed E-state index contributed by atoms with van der Waals surface area (Å²) in [6, 6.07) is -0.781. The van der Waals surface area contributed by atoms with Crippen LogP contribution in [0.2, 0.25) is 0 Å². The highest BCUT2D eigenvalue weighted by Gasteiger charge is 2.31. The van der Waals surface area contributed by atoms with Gasteiger partial charge in [-0.25, -0.2) is 4.79 Å². The second-order valence-electron chi connectivity index (χ2n) is 7.45. The standard InChI is InChI=1S/C20H27N5O10/c21-11(6-16(29)30)17(31)23-12(5-9-1-3-10(27)4-2-9)18(32)25-14(8-26)19(33)24-13(20(34)35)7-15(22)28/h1-4,11-14,26-27H,5-8,21H2,(H2,22,28)(H,23,31)(H,24,33)(H,25,32)(H,29,30)(H,34,35). The van der Waals surface area contributed by atoms with E-state index in [1.165, 1.54) is 24.3 Å². The van der Waals surface area contributed by atoms with Crippen molar-refractivity contribution in [1.29, 1.82) is 0 Å². The van der Waals surface area contributed by atoms with Gasteiger partial charge in [0, 0.05) is 6.42 Å². The van der Waals surface area contributed by atoms with Crippen LogP contribution in [0.1, 0.15) is 18.4 Å². The molecule has 4 amide bonds. The minimum Gasteiger partial charge on any atom is -0.508 e. The Morgan fingerprint density at radius 1 is 0.800 bits per heavy atom. The first kappa shape index (κ1) is 28.8. The van der Waals surface area contributed by atoms with Crippen molar-refractivity contribution in [3.63, 3.8) is 0 Å². The number of nitrogens with two attached hydrogens (primary N) is 2. The van der Waals surface area contributed by atoms with Gasteiger partial charge >= 0.3 is 11.9 Å². The highest BCUT2D eigenvalue weighted by molar-refractivity contribution is 5.95. The summed E-state index contributed by atoms with van der Waals surface area (Å²) in [5, 5.41) is 43.2. The van der Waals surface area contributed by atoms with Gasteiger partial charge in [0.15, 0.2) is 0 Å². The molecule has 0 aliphatic heterocycles. The molecule has 0 aromatic heterocycles. The van der Waals surface area contributed by atoms with Crippen LogP contribution in [0.3, 0.4) is 0 Å². The first-order chi connectivity index (χ1) is 16.3. The van der Waals surface area contributed by atoms with Crippen molar-refractivity contribution in [2.45, 2.75) is 43.4 Å². The number of primary amides is 1. The molecule has 1 rings (SSSR count). The van der Waals surface area contributed by atoms with E-state index in [-0.39, 0.29) is 12.2 Å². The Bertz CT molecular complexity index is 952. The smallest absolute Gasteiger partial charge is 0.326 e. The summed E-state index contributed by atoms with van der Waals surface area (Å²) in [5.41, 5.74) is 10.9. The lowest BCUT2D eigenvalue weighted by atomic mass is 10.0. The molecule has 1 aromatic carbocycles. The van der Waals surface area contributed by atoms with E-state index in [1.807, 2.05) is 5.32 Å². The Labute approximate surface area is 198 Å². The molecule has 15 nitrogen and oxygen atoms in total. The molecule has 0 spiro atoms. The molecule has 0 heterocycles. The molecule has 4 unspecified atom stereocenters. The van der Waals surface area contributed by atoms with Crippen LogP contribution in [0.4, 0.5) is 0 Å². The number of carbonyl (C=O) groups excluding carboxylic acids is 4. The molecule has 15 heteroatoms. The molecule has 4 atom stereocenters. The normalized spacial score (nSPS) is 14.0. The van der Waals surface area contributed by atoms with Crippen LogP contribution in [0.25, 0.3) is 0 Å². The molecule has 0 saturated heterocycles. The largest absolute Gasteiger partial charge is 0.508 e. The van der Waals surface area contributed by atoms with Crippen molar-refractivity contribution in [2.24, 2.45) is 11.5 Å². The van der Waals surface area contributed by atoms with Crippen LogP contribution >= 0.6 is 0 Å².